The zero-order valence-electron chi connectivity index (χ0n) is 5.24. The van der Waals surface area contributed by atoms with Gasteiger partial charge in [0.1, 0.15) is 0 Å². The van der Waals surface area contributed by atoms with Crippen LogP contribution in [0.15, 0.2) is 0 Å². The van der Waals surface area contributed by atoms with Crippen molar-refractivity contribution in [3.05, 3.63) is 6.92 Å². The third-order valence-corrected chi connectivity index (χ3v) is 0.625. The predicted octanol–water partition coefficient (Wildman–Crippen LogP) is 2.01. The maximum Gasteiger partial charge on any atom is 0.00850 e. The quantitative estimate of drug-likeness (QED) is 0.509. The van der Waals surface area contributed by atoms with Crippen LogP contribution in [-0.2, 0) is 21.1 Å². The zero-order valence-corrected chi connectivity index (χ0v) is 8.17. The molecule has 0 bridgehead atoms. The van der Waals surface area contributed by atoms with Gasteiger partial charge in [-0.2, -0.15) is 0 Å². The van der Waals surface area contributed by atoms with Gasteiger partial charge < -0.3 is 6.92 Å². The first-order valence-electron chi connectivity index (χ1n) is 2.66. The van der Waals surface area contributed by atoms with E-state index >= 15 is 0 Å². The monoisotopic (exact) mass is 279 g/mol. The van der Waals surface area contributed by atoms with Crippen LogP contribution in [0.25, 0.3) is 0 Å². The Morgan fingerprint density at radius 2 is 2.00 bits per heavy atom. The van der Waals surface area contributed by atoms with Gasteiger partial charge in [-0.25, -0.2) is 0 Å². The Hall–Kier alpha value is 0.248. The van der Waals surface area contributed by atoms with Crippen LogP contribution in [-0.4, -0.2) is 0 Å². The van der Waals surface area contributed by atoms with Crippen molar-refractivity contribution in [2.45, 2.75) is 26.2 Å². The number of hydrogen-bond donors (Lipinski definition) is 0. The molecule has 0 fully saturated rings. The minimum Gasteiger partial charge on any atom is -0.332 e. The third kappa shape index (κ3) is 9.54. The topological polar surface area (TPSA) is 0 Å². The standard InChI is InChI=1S/C7H11.W/c1-3-5-7-6-4-2;/h1,3-4,6H2,2H3;/q-1;. The molecule has 0 aliphatic carbocycles. The van der Waals surface area contributed by atoms with E-state index in [1.807, 2.05) is 0 Å². The first kappa shape index (κ1) is 11.1. The summed E-state index contributed by atoms with van der Waals surface area (Å²) in [5, 5.41) is 0. The Morgan fingerprint density at radius 3 is 2.38 bits per heavy atom. The molecule has 0 heterocycles. The maximum atomic E-state index is 3.58. The van der Waals surface area contributed by atoms with E-state index in [-0.39, 0.29) is 21.1 Å². The number of unbranched alkanes of at least 4 members (excludes halogenated alkanes) is 1. The van der Waals surface area contributed by atoms with E-state index in [4.69, 9.17) is 0 Å². The van der Waals surface area contributed by atoms with Crippen LogP contribution >= 0.6 is 0 Å². The summed E-state index contributed by atoms with van der Waals surface area (Å²) in [4.78, 5) is 0. The fourth-order valence-electron chi connectivity index (χ4n) is 0.302. The molecule has 0 saturated carbocycles. The molecule has 0 amide bonds. The van der Waals surface area contributed by atoms with E-state index in [0.29, 0.717) is 0 Å². The molecule has 0 rings (SSSR count). The molecular formula is C7H11W-. The average Bonchev–Trinajstić information content (AvgIpc) is 1.69. The van der Waals surface area contributed by atoms with Crippen LogP contribution in [0.4, 0.5) is 0 Å². The average molecular weight is 279 g/mol. The van der Waals surface area contributed by atoms with Crippen LogP contribution < -0.4 is 0 Å². The van der Waals surface area contributed by atoms with Crippen LogP contribution in [0.1, 0.15) is 26.2 Å². The van der Waals surface area contributed by atoms with Gasteiger partial charge in [-0.3, -0.25) is 0 Å². The van der Waals surface area contributed by atoms with Gasteiger partial charge in [-0.05, 0) is 6.42 Å². The van der Waals surface area contributed by atoms with Gasteiger partial charge in [0.2, 0.25) is 0 Å². The van der Waals surface area contributed by atoms with Crippen molar-refractivity contribution in [1.82, 2.24) is 0 Å². The third-order valence-electron chi connectivity index (χ3n) is 0.625. The summed E-state index contributed by atoms with van der Waals surface area (Å²) in [6.07, 6.45) is 2.93. The summed E-state index contributed by atoms with van der Waals surface area (Å²) in [5.41, 5.74) is 0. The molecule has 0 radical (unpaired) electrons. The van der Waals surface area contributed by atoms with Crippen molar-refractivity contribution >= 4 is 0 Å². The van der Waals surface area contributed by atoms with Gasteiger partial charge in [0.15, 0.2) is 0 Å². The molecule has 0 aromatic heterocycles. The van der Waals surface area contributed by atoms with Gasteiger partial charge >= 0.3 is 0 Å². The Bertz CT molecular complexity index is 76.1. The largest absolute Gasteiger partial charge is 0.332 e. The molecule has 0 saturated heterocycles. The van der Waals surface area contributed by atoms with Gasteiger partial charge in [0, 0.05) is 27.5 Å². The summed E-state index contributed by atoms with van der Waals surface area (Å²) in [7, 11) is 0. The fraction of sp³-hybridized carbons (Fsp3) is 0.571. The molecule has 0 unspecified atom stereocenters. The van der Waals surface area contributed by atoms with Gasteiger partial charge in [-0.1, -0.05) is 6.92 Å². The molecule has 0 aliphatic heterocycles. The second-order valence-corrected chi connectivity index (χ2v) is 1.35. The van der Waals surface area contributed by atoms with E-state index < -0.39 is 0 Å². The van der Waals surface area contributed by atoms with Crippen molar-refractivity contribution in [2.75, 3.05) is 0 Å². The minimum absolute atomic E-state index is 0. The van der Waals surface area contributed by atoms with Gasteiger partial charge in [0.05, 0.1) is 0 Å². The Labute approximate surface area is 66.3 Å². The van der Waals surface area contributed by atoms with E-state index in [1.54, 1.807) is 0 Å². The summed E-state index contributed by atoms with van der Waals surface area (Å²) >= 11 is 0. The number of rotatable bonds is 1. The second kappa shape index (κ2) is 10.3. The molecule has 0 aromatic rings. The fourth-order valence-corrected chi connectivity index (χ4v) is 0.302. The molecule has 8 heavy (non-hydrogen) atoms. The summed E-state index contributed by atoms with van der Waals surface area (Å²) in [6.45, 7) is 5.71. The molecule has 0 aliphatic rings. The summed E-state index contributed by atoms with van der Waals surface area (Å²) < 4.78 is 0. The minimum atomic E-state index is 0. The Balaban J connectivity index is 0. The summed E-state index contributed by atoms with van der Waals surface area (Å²) in [5.74, 6) is 5.86. The Kier molecular flexibility index (Phi) is 14.3. The molecule has 46 valence electrons. The first-order chi connectivity index (χ1) is 3.41. The molecular weight excluding hydrogens is 268 g/mol. The molecule has 0 N–H and O–H groups in total. The molecule has 0 atom stereocenters. The van der Waals surface area contributed by atoms with Gasteiger partial charge in [-0.15, -0.1) is 18.3 Å². The van der Waals surface area contributed by atoms with E-state index in [1.165, 1.54) is 0 Å². The van der Waals surface area contributed by atoms with Crippen molar-refractivity contribution in [3.8, 4) is 11.8 Å². The van der Waals surface area contributed by atoms with E-state index in [9.17, 15) is 0 Å². The molecule has 1 heteroatoms. The molecule has 0 nitrogen and oxygen atoms in total. The van der Waals surface area contributed by atoms with Crippen molar-refractivity contribution in [1.29, 1.82) is 0 Å². The van der Waals surface area contributed by atoms with Crippen molar-refractivity contribution < 1.29 is 21.1 Å². The van der Waals surface area contributed by atoms with Crippen molar-refractivity contribution in [2.24, 2.45) is 0 Å². The van der Waals surface area contributed by atoms with Crippen molar-refractivity contribution in [3.63, 3.8) is 0 Å². The normalized spacial score (nSPS) is 6.25. The van der Waals surface area contributed by atoms with Crippen LogP contribution in [0, 0.1) is 18.8 Å². The van der Waals surface area contributed by atoms with Crippen LogP contribution in [0.2, 0.25) is 0 Å². The van der Waals surface area contributed by atoms with Crippen LogP contribution in [0.3, 0.4) is 0 Å². The van der Waals surface area contributed by atoms with E-state index in [0.717, 1.165) is 19.3 Å². The summed E-state index contributed by atoms with van der Waals surface area (Å²) in [6, 6.07) is 0. The SMILES string of the molecule is [CH2-]CC#CCCC.[W]. The van der Waals surface area contributed by atoms with Crippen LogP contribution in [0.5, 0.6) is 0 Å². The maximum absolute atomic E-state index is 3.58. The predicted molar refractivity (Wildman–Crippen MR) is 32.7 cm³/mol. The van der Waals surface area contributed by atoms with E-state index in [2.05, 4.69) is 25.7 Å². The number of hydrogen-bond acceptors (Lipinski definition) is 0. The first-order valence-corrected chi connectivity index (χ1v) is 2.66. The molecule has 0 spiro atoms. The second-order valence-electron chi connectivity index (χ2n) is 1.35. The smallest absolute Gasteiger partial charge is 0.00850 e. The molecule has 0 aromatic carbocycles. The zero-order chi connectivity index (χ0) is 5.54. The Morgan fingerprint density at radius 1 is 1.38 bits per heavy atom. The van der Waals surface area contributed by atoms with Gasteiger partial charge in [0.25, 0.3) is 0 Å².